The van der Waals surface area contributed by atoms with Crippen LogP contribution in [0.4, 0.5) is 57.1 Å². The molecular weight excluding hydrogens is 475 g/mol. The van der Waals surface area contributed by atoms with E-state index in [0.29, 0.717) is 0 Å². The van der Waals surface area contributed by atoms with Gasteiger partial charge in [0.25, 0.3) is 0 Å². The Morgan fingerprint density at radius 2 is 1.03 bits per heavy atom. The van der Waals surface area contributed by atoms with Crippen LogP contribution in [0.1, 0.15) is 12.8 Å². The molecule has 1 N–H and O–H groups in total. The molecule has 0 radical (unpaired) electrons. The van der Waals surface area contributed by atoms with E-state index in [9.17, 15) is 70.3 Å². The van der Waals surface area contributed by atoms with Crippen molar-refractivity contribution in [1.82, 2.24) is 0 Å². The molecule has 0 saturated heterocycles. The first-order valence-corrected chi connectivity index (χ1v) is 8.57. The number of carbonyl (C=O) groups is 1. The summed E-state index contributed by atoms with van der Waals surface area (Å²) < 4.78 is 189. The summed E-state index contributed by atoms with van der Waals surface area (Å²) in [5.74, 6) is -43.5. The van der Waals surface area contributed by atoms with Gasteiger partial charge in [-0.05, 0) is 0 Å². The fraction of sp³-hybridized carbons (Fsp3) is 0.909. The lowest BCUT2D eigenvalue weighted by molar-refractivity contribution is -0.439. The molecule has 0 unspecified atom stereocenters. The minimum Gasteiger partial charge on any atom is -0.481 e. The molecule has 0 atom stereocenters. The second kappa shape index (κ2) is 7.64. The van der Waals surface area contributed by atoms with E-state index in [0.717, 1.165) is 0 Å². The molecule has 0 bridgehead atoms. The van der Waals surface area contributed by atoms with Crippen LogP contribution in [0.2, 0.25) is 0 Å². The highest BCUT2D eigenvalue weighted by molar-refractivity contribution is 7.91. The van der Waals surface area contributed by atoms with Gasteiger partial charge in [0.05, 0.1) is 17.9 Å². The van der Waals surface area contributed by atoms with Crippen LogP contribution in [0.3, 0.4) is 0 Å². The first-order chi connectivity index (χ1) is 12.4. The van der Waals surface area contributed by atoms with Crippen molar-refractivity contribution in [2.45, 2.75) is 48.6 Å². The van der Waals surface area contributed by atoms with E-state index < -0.39 is 75.9 Å². The Morgan fingerprint density at radius 3 is 1.38 bits per heavy atom. The Hall–Kier alpha value is -1.49. The van der Waals surface area contributed by atoms with Crippen molar-refractivity contribution in [2.75, 3.05) is 11.5 Å². The zero-order valence-corrected chi connectivity index (χ0v) is 14.1. The summed E-state index contributed by atoms with van der Waals surface area (Å²) in [5.41, 5.74) is 0. The number of carboxylic acid groups (broad SMARTS) is 1. The maximum atomic E-state index is 13.4. The second-order valence-corrected chi connectivity index (χ2v) is 7.85. The van der Waals surface area contributed by atoms with E-state index in [1.807, 2.05) is 0 Å². The van der Waals surface area contributed by atoms with Gasteiger partial charge in [-0.15, -0.1) is 0 Å². The summed E-state index contributed by atoms with van der Waals surface area (Å²) in [5, 5.41) is 8.19. The zero-order chi connectivity index (χ0) is 23.9. The molecule has 0 fully saturated rings. The first kappa shape index (κ1) is 27.5. The lowest BCUT2D eigenvalue weighted by atomic mass is 9.93. The van der Waals surface area contributed by atoms with Gasteiger partial charge < -0.3 is 5.11 Å². The summed E-state index contributed by atoms with van der Waals surface area (Å²) in [7, 11) is -4.96. The van der Waals surface area contributed by atoms with Crippen molar-refractivity contribution >= 4 is 15.8 Å². The molecule has 0 aliphatic rings. The largest absolute Gasteiger partial charge is 0.481 e. The van der Waals surface area contributed by atoms with Crippen LogP contribution in [0, 0.1) is 0 Å². The summed E-state index contributed by atoms with van der Waals surface area (Å²) in [6.07, 6.45) is -11.7. The summed E-state index contributed by atoms with van der Waals surface area (Å²) in [4.78, 5) is 10.1. The highest BCUT2D eigenvalue weighted by Crippen LogP contribution is 2.60. The molecule has 174 valence electrons. The van der Waals surface area contributed by atoms with E-state index >= 15 is 0 Å². The Kier molecular flexibility index (Phi) is 7.25. The number of aliphatic carboxylic acids is 1. The van der Waals surface area contributed by atoms with Crippen LogP contribution in [0.25, 0.3) is 0 Å². The Morgan fingerprint density at radius 1 is 0.655 bits per heavy atom. The first-order valence-electron chi connectivity index (χ1n) is 6.75. The summed E-state index contributed by atoms with van der Waals surface area (Å²) >= 11 is 0. The van der Waals surface area contributed by atoms with Crippen molar-refractivity contribution in [3.8, 4) is 0 Å². The number of sulfone groups is 1. The molecule has 0 heterocycles. The molecular formula is C11H9F13O4S. The standard InChI is InChI=1S/C11H9F13O4S/c12-6(13,2-4-29(27,28)3-1-5(25)26)7(14,15)8(16,17)9(18,19)10(20,21)11(22,23)24/h1-4H2,(H,25,26). The predicted molar refractivity (Wildman–Crippen MR) is 66.3 cm³/mol. The minimum atomic E-state index is -8.06. The molecule has 0 spiro atoms. The number of alkyl halides is 13. The lowest BCUT2D eigenvalue weighted by Gasteiger charge is -2.39. The van der Waals surface area contributed by atoms with Crippen LogP contribution >= 0.6 is 0 Å². The average Bonchev–Trinajstić information content (AvgIpc) is 2.49. The normalized spacial score (nSPS) is 15.5. The number of hydrogen-bond acceptors (Lipinski definition) is 3. The zero-order valence-electron chi connectivity index (χ0n) is 13.3. The summed E-state index contributed by atoms with van der Waals surface area (Å²) in [6.45, 7) is 0. The van der Waals surface area contributed by atoms with Crippen molar-refractivity contribution in [2.24, 2.45) is 0 Å². The Labute approximate surface area is 152 Å². The second-order valence-electron chi connectivity index (χ2n) is 5.55. The molecule has 0 aromatic rings. The van der Waals surface area contributed by atoms with E-state index in [-0.39, 0.29) is 0 Å². The van der Waals surface area contributed by atoms with Crippen LogP contribution in [0.5, 0.6) is 0 Å². The van der Waals surface area contributed by atoms with Crippen LogP contribution in [0.15, 0.2) is 0 Å². The minimum absolute atomic E-state index is 1.25. The quantitative estimate of drug-likeness (QED) is 0.476. The third-order valence-corrected chi connectivity index (χ3v) is 5.00. The topological polar surface area (TPSA) is 71.4 Å². The van der Waals surface area contributed by atoms with Crippen molar-refractivity contribution in [1.29, 1.82) is 0 Å². The molecule has 0 aliphatic heterocycles. The van der Waals surface area contributed by atoms with Crippen molar-refractivity contribution in [3.63, 3.8) is 0 Å². The van der Waals surface area contributed by atoms with Gasteiger partial charge in [0.2, 0.25) is 0 Å². The van der Waals surface area contributed by atoms with Crippen molar-refractivity contribution < 1.29 is 75.4 Å². The molecule has 4 nitrogen and oxygen atoms in total. The number of halogens is 13. The smallest absolute Gasteiger partial charge is 0.460 e. The average molecular weight is 484 g/mol. The Balaban J connectivity index is 5.91. The summed E-state index contributed by atoms with van der Waals surface area (Å²) in [6, 6.07) is 0. The SMILES string of the molecule is O=C(O)CCS(=O)(=O)CCC(F)(F)C(F)(F)C(F)(F)C(F)(F)C(F)(F)C(F)(F)F. The van der Waals surface area contributed by atoms with Crippen molar-refractivity contribution in [3.05, 3.63) is 0 Å². The number of hydrogen-bond donors (Lipinski definition) is 1. The Bertz CT molecular complexity index is 711. The van der Waals surface area contributed by atoms with Crippen LogP contribution in [-0.2, 0) is 14.6 Å². The van der Waals surface area contributed by atoms with Gasteiger partial charge in [-0.1, -0.05) is 0 Å². The van der Waals surface area contributed by atoms with E-state index in [1.165, 1.54) is 0 Å². The molecule has 0 aromatic carbocycles. The molecule has 0 aliphatic carbocycles. The molecule has 0 amide bonds. The fourth-order valence-corrected chi connectivity index (χ4v) is 2.84. The lowest BCUT2D eigenvalue weighted by Crippen LogP contribution is -2.70. The molecule has 0 saturated carbocycles. The third kappa shape index (κ3) is 4.99. The highest BCUT2D eigenvalue weighted by Gasteiger charge is 2.90. The van der Waals surface area contributed by atoms with Gasteiger partial charge >= 0.3 is 41.8 Å². The molecule has 0 rings (SSSR count). The van der Waals surface area contributed by atoms with Gasteiger partial charge in [-0.25, -0.2) is 8.42 Å². The molecule has 18 heteroatoms. The maximum Gasteiger partial charge on any atom is 0.460 e. The number of rotatable bonds is 10. The van der Waals surface area contributed by atoms with Crippen LogP contribution in [-0.4, -0.2) is 66.8 Å². The van der Waals surface area contributed by atoms with Gasteiger partial charge in [-0.3, -0.25) is 4.79 Å². The van der Waals surface area contributed by atoms with Gasteiger partial charge in [-0.2, -0.15) is 57.1 Å². The fourth-order valence-electron chi connectivity index (χ4n) is 1.59. The van der Waals surface area contributed by atoms with Crippen LogP contribution < -0.4 is 0 Å². The monoisotopic (exact) mass is 484 g/mol. The van der Waals surface area contributed by atoms with Gasteiger partial charge in [0.1, 0.15) is 0 Å². The van der Waals surface area contributed by atoms with E-state index in [4.69, 9.17) is 5.11 Å². The van der Waals surface area contributed by atoms with E-state index in [2.05, 4.69) is 0 Å². The van der Waals surface area contributed by atoms with Gasteiger partial charge in [0, 0.05) is 6.42 Å². The van der Waals surface area contributed by atoms with E-state index in [1.54, 1.807) is 0 Å². The number of carboxylic acids is 1. The van der Waals surface area contributed by atoms with Gasteiger partial charge in [0.15, 0.2) is 9.84 Å². The third-order valence-electron chi connectivity index (χ3n) is 3.35. The molecule has 29 heavy (non-hydrogen) atoms. The maximum absolute atomic E-state index is 13.4. The predicted octanol–water partition coefficient (Wildman–Crippen LogP) is 4.00. The molecule has 0 aromatic heterocycles. The highest BCUT2D eigenvalue weighted by atomic mass is 32.2.